The van der Waals surface area contributed by atoms with Crippen LogP contribution < -0.4 is 10.5 Å². The summed E-state index contributed by atoms with van der Waals surface area (Å²) in [6.07, 6.45) is 0. The molecule has 2 rings (SSSR count). The van der Waals surface area contributed by atoms with Gasteiger partial charge in [0.25, 0.3) is 10.0 Å². The first-order valence-electron chi connectivity index (χ1n) is 5.45. The van der Waals surface area contributed by atoms with Crippen molar-refractivity contribution in [1.29, 1.82) is 0 Å². The minimum absolute atomic E-state index is 0.0833. The second-order valence-electron chi connectivity index (χ2n) is 3.78. The summed E-state index contributed by atoms with van der Waals surface area (Å²) in [6.45, 7) is 0.243. The summed E-state index contributed by atoms with van der Waals surface area (Å²) in [7, 11) is -3.70. The number of anilines is 1. The molecular formula is C12H12ClN3O2S. The molecule has 0 saturated carbocycles. The summed E-state index contributed by atoms with van der Waals surface area (Å²) in [5.41, 5.74) is 6.06. The predicted molar refractivity (Wildman–Crippen MR) is 74.4 cm³/mol. The first kappa shape index (κ1) is 13.8. The molecule has 1 aromatic carbocycles. The molecule has 0 atom stereocenters. The number of nitrogens with two attached hydrogens (primary N) is 1. The number of aromatic nitrogens is 1. The molecule has 100 valence electrons. The minimum Gasteiger partial charge on any atom is -0.325 e. The van der Waals surface area contributed by atoms with E-state index < -0.39 is 10.0 Å². The largest absolute Gasteiger partial charge is 0.325 e. The molecule has 19 heavy (non-hydrogen) atoms. The van der Waals surface area contributed by atoms with Gasteiger partial charge < -0.3 is 5.73 Å². The fourth-order valence-electron chi connectivity index (χ4n) is 1.48. The summed E-state index contributed by atoms with van der Waals surface area (Å²) < 4.78 is 26.6. The second-order valence-corrected chi connectivity index (χ2v) is 5.90. The molecule has 5 nitrogen and oxygen atoms in total. The number of hydrogen-bond acceptors (Lipinski definition) is 4. The molecule has 3 N–H and O–H groups in total. The van der Waals surface area contributed by atoms with Crippen LogP contribution in [0.5, 0.6) is 0 Å². The average Bonchev–Trinajstić information content (AvgIpc) is 2.38. The van der Waals surface area contributed by atoms with Gasteiger partial charge >= 0.3 is 0 Å². The van der Waals surface area contributed by atoms with E-state index in [9.17, 15) is 8.42 Å². The highest BCUT2D eigenvalue weighted by Gasteiger charge is 2.15. The zero-order chi connectivity index (χ0) is 13.9. The summed E-state index contributed by atoms with van der Waals surface area (Å²) in [6, 6.07) is 11.0. The molecule has 0 aliphatic carbocycles. The normalized spacial score (nSPS) is 11.3. The van der Waals surface area contributed by atoms with Crippen LogP contribution in [0.4, 0.5) is 5.82 Å². The Bertz CT molecular complexity index is 689. The maximum absolute atomic E-state index is 12.1. The highest BCUT2D eigenvalue weighted by molar-refractivity contribution is 7.92. The molecule has 7 heteroatoms. The third-order valence-electron chi connectivity index (χ3n) is 2.36. The molecule has 1 heterocycles. The van der Waals surface area contributed by atoms with E-state index in [1.807, 2.05) is 0 Å². The minimum atomic E-state index is -3.70. The molecule has 0 saturated heterocycles. The van der Waals surface area contributed by atoms with Crippen molar-refractivity contribution in [2.24, 2.45) is 5.73 Å². The Labute approximate surface area is 116 Å². The Morgan fingerprint density at radius 1 is 1.21 bits per heavy atom. The quantitative estimate of drug-likeness (QED) is 0.904. The Morgan fingerprint density at radius 3 is 2.63 bits per heavy atom. The van der Waals surface area contributed by atoms with E-state index in [0.29, 0.717) is 10.7 Å². The zero-order valence-corrected chi connectivity index (χ0v) is 11.4. The summed E-state index contributed by atoms with van der Waals surface area (Å²) in [5.74, 6) is 0.225. The van der Waals surface area contributed by atoms with Crippen molar-refractivity contribution >= 4 is 27.4 Å². The monoisotopic (exact) mass is 297 g/mol. The Morgan fingerprint density at radius 2 is 1.95 bits per heavy atom. The van der Waals surface area contributed by atoms with E-state index >= 15 is 0 Å². The Balaban J connectivity index is 2.31. The van der Waals surface area contributed by atoms with Gasteiger partial charge in [-0.25, -0.2) is 13.4 Å². The molecule has 0 amide bonds. The van der Waals surface area contributed by atoms with Crippen LogP contribution in [0.3, 0.4) is 0 Å². The fraction of sp³-hybridized carbons (Fsp3) is 0.0833. The zero-order valence-electron chi connectivity index (χ0n) is 9.88. The first-order valence-corrected chi connectivity index (χ1v) is 7.32. The van der Waals surface area contributed by atoms with Crippen molar-refractivity contribution in [3.05, 3.63) is 53.2 Å². The van der Waals surface area contributed by atoms with Gasteiger partial charge in [0.15, 0.2) is 0 Å². The van der Waals surface area contributed by atoms with Gasteiger partial charge in [-0.15, -0.1) is 0 Å². The van der Waals surface area contributed by atoms with Crippen LogP contribution in [-0.2, 0) is 16.6 Å². The van der Waals surface area contributed by atoms with Crippen LogP contribution in [-0.4, -0.2) is 13.4 Å². The van der Waals surface area contributed by atoms with Gasteiger partial charge in [-0.05, 0) is 30.3 Å². The second kappa shape index (κ2) is 5.56. The molecule has 0 aliphatic rings. The van der Waals surface area contributed by atoms with E-state index in [0.717, 1.165) is 0 Å². The van der Waals surface area contributed by atoms with Crippen LogP contribution in [0.1, 0.15) is 5.69 Å². The molecular weight excluding hydrogens is 286 g/mol. The van der Waals surface area contributed by atoms with Gasteiger partial charge in [0.05, 0.1) is 10.6 Å². The van der Waals surface area contributed by atoms with Gasteiger partial charge in [0.2, 0.25) is 0 Å². The number of rotatable bonds is 4. The number of nitrogens with one attached hydrogen (secondary N) is 1. The topological polar surface area (TPSA) is 85.1 Å². The van der Waals surface area contributed by atoms with Crippen LogP contribution in [0, 0.1) is 0 Å². The lowest BCUT2D eigenvalue weighted by atomic mass is 10.3. The van der Waals surface area contributed by atoms with Crippen molar-refractivity contribution in [3.63, 3.8) is 0 Å². The SMILES string of the molecule is NCc1cccc(NS(=O)(=O)c2cccc(Cl)c2)n1. The van der Waals surface area contributed by atoms with Crippen molar-refractivity contribution in [3.8, 4) is 0 Å². The van der Waals surface area contributed by atoms with Gasteiger partial charge in [0.1, 0.15) is 5.82 Å². The molecule has 0 fully saturated rings. The smallest absolute Gasteiger partial charge is 0.263 e. The lowest BCUT2D eigenvalue weighted by Crippen LogP contribution is -2.14. The molecule has 0 radical (unpaired) electrons. The van der Waals surface area contributed by atoms with E-state index in [4.69, 9.17) is 17.3 Å². The lowest BCUT2D eigenvalue weighted by Gasteiger charge is -2.08. The van der Waals surface area contributed by atoms with Crippen molar-refractivity contribution in [1.82, 2.24) is 4.98 Å². The average molecular weight is 298 g/mol. The Kier molecular flexibility index (Phi) is 4.04. The van der Waals surface area contributed by atoms with E-state index in [2.05, 4.69) is 9.71 Å². The van der Waals surface area contributed by atoms with Crippen LogP contribution >= 0.6 is 11.6 Å². The van der Waals surface area contributed by atoms with Gasteiger partial charge in [-0.3, -0.25) is 4.72 Å². The van der Waals surface area contributed by atoms with Crippen molar-refractivity contribution < 1.29 is 8.42 Å². The van der Waals surface area contributed by atoms with Gasteiger partial charge in [0, 0.05) is 11.6 Å². The van der Waals surface area contributed by atoms with Gasteiger partial charge in [-0.2, -0.15) is 0 Å². The standard InChI is InChI=1S/C12H12ClN3O2S/c13-9-3-1-5-11(7-9)19(17,18)16-12-6-2-4-10(8-14)15-12/h1-7H,8,14H2,(H,15,16). The highest BCUT2D eigenvalue weighted by atomic mass is 35.5. The number of nitrogens with zero attached hydrogens (tertiary/aromatic N) is 1. The number of hydrogen-bond donors (Lipinski definition) is 2. The summed E-state index contributed by atoms with van der Waals surface area (Å²) >= 11 is 5.78. The Hall–Kier alpha value is -1.63. The molecule has 1 aromatic heterocycles. The van der Waals surface area contributed by atoms with Crippen LogP contribution in [0.2, 0.25) is 5.02 Å². The maximum atomic E-state index is 12.1. The van der Waals surface area contributed by atoms with Crippen LogP contribution in [0.15, 0.2) is 47.4 Å². The number of sulfonamides is 1. The summed E-state index contributed by atoms with van der Waals surface area (Å²) in [4.78, 5) is 4.16. The van der Waals surface area contributed by atoms with Crippen molar-refractivity contribution in [2.45, 2.75) is 11.4 Å². The lowest BCUT2D eigenvalue weighted by molar-refractivity contribution is 0.601. The number of pyridine rings is 1. The van der Waals surface area contributed by atoms with Crippen molar-refractivity contribution in [2.75, 3.05) is 4.72 Å². The van der Waals surface area contributed by atoms with E-state index in [1.54, 1.807) is 30.3 Å². The van der Waals surface area contributed by atoms with E-state index in [1.165, 1.54) is 12.1 Å². The van der Waals surface area contributed by atoms with Gasteiger partial charge in [-0.1, -0.05) is 23.7 Å². The molecule has 0 unspecified atom stereocenters. The van der Waals surface area contributed by atoms with E-state index in [-0.39, 0.29) is 17.3 Å². The molecule has 2 aromatic rings. The highest BCUT2D eigenvalue weighted by Crippen LogP contribution is 2.18. The first-order chi connectivity index (χ1) is 9.01. The number of benzene rings is 1. The molecule has 0 bridgehead atoms. The fourth-order valence-corrected chi connectivity index (χ4v) is 2.78. The van der Waals surface area contributed by atoms with Crippen LogP contribution in [0.25, 0.3) is 0 Å². The maximum Gasteiger partial charge on any atom is 0.263 e. The molecule has 0 spiro atoms. The molecule has 0 aliphatic heterocycles. The third kappa shape index (κ3) is 3.44. The number of halogens is 1. The predicted octanol–water partition coefficient (Wildman–Crippen LogP) is 1.99. The summed E-state index contributed by atoms with van der Waals surface area (Å²) in [5, 5.41) is 0.353. The third-order valence-corrected chi connectivity index (χ3v) is 3.95.